The standard InChI is InChI=1S/C17H26N6O9S.C16H36N.C11H17N7O7S/c1-9(19-15(25)31-17(2,3)4)18-7-12(24)14-21-20-13(30-14)11-6-5-10-8-22(11)16(26)23(10)32-33(27,28)29;1-5-9-13-17(14-10-6-2,15-11-7-3)16-12-8-4;12-10(13)14-3-7(19)9-16-15-8(24-9)6-2-1-5-4-17(6)11(20)18(5)25-26(21,22)23/h10-12,18,24H,1,5-8H2,2-4H3,(H,19,25)(H,27,28,29);5-16H2,1-4H3;5-7,19H,1-4H2,(H4,12,13,14)(H,21,22,23)/q;+1;/p-1/t10-,11+,12+;;5-,6+,7+/m1.1/s1. The van der Waals surface area contributed by atoms with Crippen molar-refractivity contribution in [2.75, 3.05) is 52.4 Å². The van der Waals surface area contributed by atoms with E-state index >= 15 is 0 Å². The molecule has 2 aromatic rings. The molecule has 0 aromatic carbocycles. The fourth-order valence-electron chi connectivity index (χ4n) is 8.90. The molecule has 2 aromatic heterocycles. The molecule has 0 aliphatic carbocycles. The van der Waals surface area contributed by atoms with Crippen LogP contribution >= 0.6 is 0 Å². The molecule has 4 aliphatic rings. The summed E-state index contributed by atoms with van der Waals surface area (Å²) >= 11 is 0. The second-order valence-corrected chi connectivity index (χ2v) is 21.9. The lowest BCUT2D eigenvalue weighted by Crippen LogP contribution is -2.50. The highest BCUT2D eigenvalue weighted by atomic mass is 32.3. The van der Waals surface area contributed by atoms with E-state index in [-0.39, 0.29) is 61.5 Å². The summed E-state index contributed by atoms with van der Waals surface area (Å²) in [6.45, 7) is 23.7. The third-order valence-electron chi connectivity index (χ3n) is 12.6. The predicted molar refractivity (Wildman–Crippen MR) is 268 cm³/mol. The van der Waals surface area contributed by atoms with Crippen molar-refractivity contribution < 1.29 is 77.2 Å². The van der Waals surface area contributed by atoms with Crippen molar-refractivity contribution in [3.63, 3.8) is 0 Å². The van der Waals surface area contributed by atoms with Gasteiger partial charge in [-0.05, 0) is 72.1 Å². The quantitative estimate of drug-likeness (QED) is 0.0234. The molecule has 0 saturated carbocycles. The molecule has 432 valence electrons. The van der Waals surface area contributed by atoms with Crippen molar-refractivity contribution in [1.29, 1.82) is 0 Å². The normalized spacial score (nSPS) is 20.3. The van der Waals surface area contributed by atoms with Gasteiger partial charge in [-0.2, -0.15) is 22.8 Å². The Labute approximate surface area is 443 Å². The molecule has 6 heterocycles. The first-order valence-electron chi connectivity index (χ1n) is 25.5. The minimum Gasteiger partial charge on any atom is -0.724 e. The average molecular weight is 1120 g/mol. The van der Waals surface area contributed by atoms with Gasteiger partial charge >= 0.3 is 28.6 Å². The minimum absolute atomic E-state index is 0.0355. The van der Waals surface area contributed by atoms with Crippen LogP contribution in [0.15, 0.2) is 26.2 Å². The highest BCUT2D eigenvalue weighted by Gasteiger charge is 2.50. The van der Waals surface area contributed by atoms with Crippen LogP contribution in [-0.2, 0) is 34.1 Å². The first kappa shape index (κ1) is 63.1. The number of piperidine rings is 2. The number of aliphatic imine (C=N–C) groups is 1. The number of aliphatic hydroxyl groups excluding tert-OH is 2. The number of unbranched alkanes of at least 4 members (excludes halogenated alkanes) is 4. The predicted octanol–water partition coefficient (Wildman–Crippen LogP) is 3.08. The fourth-order valence-corrected chi connectivity index (χ4v) is 9.67. The Morgan fingerprint density at radius 1 is 0.789 bits per heavy atom. The second kappa shape index (κ2) is 28.2. The Kier molecular flexibility index (Phi) is 23.4. The zero-order valence-corrected chi connectivity index (χ0v) is 46.0. The number of hydrogen-bond donors (Lipinski definition) is 7. The lowest BCUT2D eigenvalue weighted by atomic mass is 10.0. The Morgan fingerprint density at radius 2 is 1.22 bits per heavy atom. The Morgan fingerprint density at radius 3 is 1.62 bits per heavy atom. The van der Waals surface area contributed by atoms with Crippen molar-refractivity contribution in [3.05, 3.63) is 36.0 Å². The summed E-state index contributed by atoms with van der Waals surface area (Å²) in [5.41, 5.74) is 9.68. The summed E-state index contributed by atoms with van der Waals surface area (Å²) in [6, 6.07) is -4.00. The Hall–Kier alpha value is -5.48. The Bertz CT molecular complexity index is 2430. The summed E-state index contributed by atoms with van der Waals surface area (Å²) in [6.07, 6.45) is 9.32. The number of aliphatic hydroxyl groups is 2. The number of rotatable bonds is 26. The van der Waals surface area contributed by atoms with Crippen molar-refractivity contribution in [3.8, 4) is 0 Å². The maximum atomic E-state index is 12.5. The molecule has 32 heteroatoms. The number of nitrogens with two attached hydrogens (primary N) is 2. The molecule has 4 saturated heterocycles. The molecule has 30 nitrogen and oxygen atoms in total. The summed E-state index contributed by atoms with van der Waals surface area (Å²) in [5.74, 6) is -0.282. The Balaban J connectivity index is 0.000000260. The van der Waals surface area contributed by atoms with Crippen LogP contribution in [0.25, 0.3) is 0 Å². The molecule has 76 heavy (non-hydrogen) atoms. The molecular formula is C44H78N14O16S2. The van der Waals surface area contributed by atoms with Crippen molar-refractivity contribution in [2.45, 2.75) is 167 Å². The molecule has 4 fully saturated rings. The van der Waals surface area contributed by atoms with E-state index in [1.54, 1.807) is 20.8 Å². The van der Waals surface area contributed by atoms with Crippen molar-refractivity contribution in [2.24, 2.45) is 16.5 Å². The second-order valence-electron chi connectivity index (χ2n) is 19.9. The molecular weight excluding hydrogens is 1040 g/mol. The fraction of sp³-hybridized carbons (Fsp3) is 0.773. The van der Waals surface area contributed by atoms with E-state index in [1.807, 2.05) is 0 Å². The number of quaternary nitrogens is 1. The molecule has 4 aliphatic heterocycles. The van der Waals surface area contributed by atoms with E-state index in [0.717, 1.165) is 0 Å². The average Bonchev–Trinajstić information content (AvgIpc) is 4.13. The molecule has 5 amide bonds. The van der Waals surface area contributed by atoms with Gasteiger partial charge in [0.1, 0.15) is 29.6 Å². The van der Waals surface area contributed by atoms with Crippen LogP contribution in [0.1, 0.15) is 173 Å². The number of carbonyl (C=O) groups is 3. The lowest BCUT2D eigenvalue weighted by molar-refractivity contribution is -0.929. The van der Waals surface area contributed by atoms with Gasteiger partial charge in [-0.15, -0.1) is 24.7 Å². The smallest absolute Gasteiger partial charge is 0.418 e. The van der Waals surface area contributed by atoms with Crippen LogP contribution in [-0.4, -0.2) is 175 Å². The number of carbonyl (C=O) groups excluding carboxylic acids is 3. The highest BCUT2D eigenvalue weighted by molar-refractivity contribution is 7.81. The summed E-state index contributed by atoms with van der Waals surface area (Å²) in [4.78, 5) is 42.7. The van der Waals surface area contributed by atoms with E-state index < -0.39 is 80.9 Å². The van der Waals surface area contributed by atoms with Gasteiger partial charge < -0.3 is 59.4 Å². The molecule has 9 N–H and O–H groups in total. The highest BCUT2D eigenvalue weighted by Crippen LogP contribution is 2.40. The maximum absolute atomic E-state index is 12.5. The van der Waals surface area contributed by atoms with Crippen molar-refractivity contribution in [1.82, 2.24) is 51.0 Å². The van der Waals surface area contributed by atoms with Gasteiger partial charge in [0.05, 0.1) is 51.4 Å². The minimum atomic E-state index is -5.10. The van der Waals surface area contributed by atoms with Gasteiger partial charge in [0.15, 0.2) is 12.1 Å². The molecule has 0 spiro atoms. The number of nitrogens with zero attached hydrogens (tertiary/aromatic N) is 10. The molecule has 6 rings (SSSR count). The SMILES string of the molecule is C=C(NC[C@H](O)c1nnc([C@@H]2CC[C@@H]3CN2C(=O)N3OS(=O)(=O)[O-])o1)NC(=O)OC(C)(C)C.CCCC[N+](CCCC)(CCCC)CCCC.NC(N)=NC[C@H](O)c1nnc([C@@H]2CC[C@@H]3CN2C(=O)N3OS(=O)(=O)O)o1. The van der Waals surface area contributed by atoms with E-state index in [1.165, 1.54) is 91.8 Å². The number of ether oxygens (including phenoxy) is 1. The van der Waals surface area contributed by atoms with Crippen LogP contribution in [0.2, 0.25) is 0 Å². The number of hydroxylamine groups is 4. The van der Waals surface area contributed by atoms with E-state index in [4.69, 9.17) is 29.6 Å². The van der Waals surface area contributed by atoms with Crippen LogP contribution in [0.3, 0.4) is 0 Å². The van der Waals surface area contributed by atoms with Gasteiger partial charge in [0.2, 0.25) is 34.0 Å². The van der Waals surface area contributed by atoms with Gasteiger partial charge in [-0.3, -0.25) is 14.9 Å². The van der Waals surface area contributed by atoms with Gasteiger partial charge in [-0.1, -0.05) is 60.0 Å². The molecule has 6 atom stereocenters. The number of aromatic nitrogens is 4. The molecule has 0 radical (unpaired) electrons. The van der Waals surface area contributed by atoms with Crippen LogP contribution in [0.4, 0.5) is 14.4 Å². The van der Waals surface area contributed by atoms with Gasteiger partial charge in [-0.25, -0.2) is 22.8 Å². The summed E-state index contributed by atoms with van der Waals surface area (Å²) in [7, 11) is -9.92. The number of amides is 5. The summed E-state index contributed by atoms with van der Waals surface area (Å²) < 4.78 is 89.2. The van der Waals surface area contributed by atoms with E-state index in [0.29, 0.717) is 35.8 Å². The largest absolute Gasteiger partial charge is 0.724 e. The third kappa shape index (κ3) is 19.2. The molecule has 0 unspecified atom stereocenters. The van der Waals surface area contributed by atoms with Crippen LogP contribution < -0.4 is 22.1 Å². The first-order valence-corrected chi connectivity index (χ1v) is 28.2. The maximum Gasteiger partial charge on any atom is 0.418 e. The molecule has 4 bridgehead atoms. The van der Waals surface area contributed by atoms with Gasteiger partial charge in [0.25, 0.3) is 0 Å². The van der Waals surface area contributed by atoms with E-state index in [2.05, 4.69) is 78.9 Å². The first-order chi connectivity index (χ1) is 35.6. The number of urea groups is 2. The number of alkyl carbamates (subject to hydrolysis) is 1. The van der Waals surface area contributed by atoms with Gasteiger partial charge in [0, 0.05) is 13.1 Å². The number of nitrogens with one attached hydrogen (secondary N) is 2. The zero-order chi connectivity index (χ0) is 56.6. The third-order valence-corrected chi connectivity index (χ3v) is 13.3. The number of fused-ring (bicyclic) bond motifs is 4. The number of hydrogen-bond acceptors (Lipinski definition) is 21. The summed E-state index contributed by atoms with van der Waals surface area (Å²) in [5, 5.41) is 41.6. The monoisotopic (exact) mass is 1120 g/mol. The number of guanidine groups is 1. The van der Waals surface area contributed by atoms with Crippen LogP contribution in [0.5, 0.6) is 0 Å². The van der Waals surface area contributed by atoms with E-state index in [9.17, 15) is 46.0 Å². The van der Waals surface area contributed by atoms with Crippen LogP contribution in [0, 0.1) is 0 Å². The topological polar surface area (TPSA) is 410 Å². The zero-order valence-electron chi connectivity index (χ0n) is 44.4. The lowest BCUT2D eigenvalue weighted by Gasteiger charge is -2.39. The van der Waals surface area contributed by atoms with Crippen molar-refractivity contribution >= 4 is 44.9 Å².